The first-order chi connectivity index (χ1) is 14.3. The molecule has 7 nitrogen and oxygen atoms in total. The summed E-state index contributed by atoms with van der Waals surface area (Å²) in [4.78, 5) is 17.3. The molecule has 1 N–H and O–H groups in total. The van der Waals surface area contributed by atoms with Crippen molar-refractivity contribution in [2.45, 2.75) is 31.6 Å². The molecule has 4 rings (SSSR count). The van der Waals surface area contributed by atoms with Crippen LogP contribution >= 0.6 is 22.9 Å². The first-order valence-electron chi connectivity index (χ1n) is 9.39. The molecular formula is C20H20ClN3O4S2. The quantitative estimate of drug-likeness (QED) is 0.589. The first-order valence-corrected chi connectivity index (χ1v) is 12.1. The number of thiazole rings is 1. The maximum absolute atomic E-state index is 12.8. The second kappa shape index (κ2) is 8.14. The molecule has 0 bridgehead atoms. The van der Waals surface area contributed by atoms with Crippen molar-refractivity contribution in [2.24, 2.45) is 0 Å². The number of amides is 1. The van der Waals surface area contributed by atoms with Crippen LogP contribution in [0.2, 0.25) is 5.02 Å². The van der Waals surface area contributed by atoms with E-state index in [4.69, 9.17) is 16.0 Å². The number of hydrogen-bond acceptors (Lipinski definition) is 6. The molecule has 0 saturated carbocycles. The van der Waals surface area contributed by atoms with Gasteiger partial charge in [0.1, 0.15) is 11.5 Å². The van der Waals surface area contributed by atoms with Crippen molar-refractivity contribution < 1.29 is 17.6 Å². The Kier molecular flexibility index (Phi) is 5.71. The number of anilines is 1. The number of halogens is 1. The van der Waals surface area contributed by atoms with Crippen LogP contribution < -0.4 is 5.32 Å². The average molecular weight is 466 g/mol. The maximum Gasteiger partial charge on any atom is 0.259 e. The third kappa shape index (κ3) is 4.02. The fourth-order valence-corrected chi connectivity index (χ4v) is 5.87. The number of aromatic nitrogens is 1. The fraction of sp³-hybridized carbons (Fsp3) is 0.300. The highest BCUT2D eigenvalue weighted by Gasteiger charge is 2.28. The van der Waals surface area contributed by atoms with Crippen LogP contribution in [0.25, 0.3) is 11.3 Å². The van der Waals surface area contributed by atoms with Crippen molar-refractivity contribution in [1.29, 1.82) is 0 Å². The number of nitrogens with one attached hydrogen (secondary N) is 1. The van der Waals surface area contributed by atoms with Crippen LogP contribution in [0.4, 0.5) is 5.13 Å². The van der Waals surface area contributed by atoms with E-state index in [9.17, 15) is 13.2 Å². The van der Waals surface area contributed by atoms with E-state index in [0.717, 1.165) is 29.9 Å². The Labute approximate surface area is 183 Å². The standard InChI is InChI=1S/C20H20ClN3O4S2/c1-12-9-15(13(2)28-12)18-11-29-20(22-18)23-19(25)16-10-14(5-6-17(16)21)30(26,27)24-7-3-4-8-24/h5-6,9-11H,3-4,7-8H2,1-2H3,(H,22,23,25). The molecular weight excluding hydrogens is 446 g/mol. The van der Waals surface area contributed by atoms with Crippen LogP contribution in [-0.2, 0) is 10.0 Å². The van der Waals surface area contributed by atoms with Crippen molar-refractivity contribution in [3.63, 3.8) is 0 Å². The molecule has 2 aromatic heterocycles. The maximum atomic E-state index is 12.8. The van der Waals surface area contributed by atoms with E-state index in [1.165, 1.54) is 33.8 Å². The third-order valence-corrected chi connectivity index (χ3v) is 7.91. The lowest BCUT2D eigenvalue weighted by Gasteiger charge is -2.16. The van der Waals surface area contributed by atoms with Gasteiger partial charge in [0.15, 0.2) is 5.13 Å². The molecule has 0 unspecified atom stereocenters. The highest BCUT2D eigenvalue weighted by atomic mass is 35.5. The van der Waals surface area contributed by atoms with Crippen LogP contribution in [0.5, 0.6) is 0 Å². The second-order valence-electron chi connectivity index (χ2n) is 7.07. The summed E-state index contributed by atoms with van der Waals surface area (Å²) >= 11 is 7.46. The molecule has 3 aromatic rings. The smallest absolute Gasteiger partial charge is 0.259 e. The molecule has 30 heavy (non-hydrogen) atoms. The number of hydrogen-bond donors (Lipinski definition) is 1. The molecule has 1 amide bonds. The predicted molar refractivity (Wildman–Crippen MR) is 117 cm³/mol. The SMILES string of the molecule is Cc1cc(-c2csc(NC(=O)c3cc(S(=O)(=O)N4CCCC4)ccc3Cl)n2)c(C)o1. The van der Waals surface area contributed by atoms with Crippen LogP contribution in [0.1, 0.15) is 34.7 Å². The van der Waals surface area contributed by atoms with Gasteiger partial charge in [0, 0.05) is 24.0 Å². The van der Waals surface area contributed by atoms with Gasteiger partial charge >= 0.3 is 0 Å². The summed E-state index contributed by atoms with van der Waals surface area (Å²) in [6.45, 7) is 4.69. The number of rotatable bonds is 5. The Balaban J connectivity index is 1.57. The number of aryl methyl sites for hydroxylation is 2. The van der Waals surface area contributed by atoms with Gasteiger partial charge in [-0.05, 0) is 51.0 Å². The normalized spacial score (nSPS) is 14.9. The van der Waals surface area contributed by atoms with Crippen LogP contribution in [-0.4, -0.2) is 36.7 Å². The van der Waals surface area contributed by atoms with Crippen molar-refractivity contribution in [1.82, 2.24) is 9.29 Å². The summed E-state index contributed by atoms with van der Waals surface area (Å²) in [7, 11) is -3.65. The molecule has 1 saturated heterocycles. The zero-order valence-corrected chi connectivity index (χ0v) is 18.8. The highest BCUT2D eigenvalue weighted by Crippen LogP contribution is 2.31. The molecule has 158 valence electrons. The van der Waals surface area contributed by atoms with Gasteiger partial charge in [-0.25, -0.2) is 13.4 Å². The van der Waals surface area contributed by atoms with Crippen molar-refractivity contribution in [3.05, 3.63) is 51.8 Å². The summed E-state index contributed by atoms with van der Waals surface area (Å²) in [6.07, 6.45) is 1.67. The van der Waals surface area contributed by atoms with E-state index < -0.39 is 15.9 Å². The topological polar surface area (TPSA) is 92.5 Å². The number of carbonyl (C=O) groups is 1. The summed E-state index contributed by atoms with van der Waals surface area (Å²) in [6, 6.07) is 6.07. The van der Waals surface area contributed by atoms with Crippen molar-refractivity contribution in [2.75, 3.05) is 18.4 Å². The summed E-state index contributed by atoms with van der Waals surface area (Å²) in [5, 5.41) is 5.09. The minimum absolute atomic E-state index is 0.0586. The van der Waals surface area contributed by atoms with E-state index in [-0.39, 0.29) is 15.5 Å². The van der Waals surface area contributed by atoms with E-state index in [1.807, 2.05) is 25.3 Å². The molecule has 1 aromatic carbocycles. The van der Waals surface area contributed by atoms with Gasteiger partial charge in [0.2, 0.25) is 10.0 Å². The Morgan fingerprint density at radius 2 is 1.97 bits per heavy atom. The van der Waals surface area contributed by atoms with Gasteiger partial charge in [0.25, 0.3) is 5.91 Å². The lowest BCUT2D eigenvalue weighted by atomic mass is 10.2. The molecule has 1 aliphatic heterocycles. The number of carbonyl (C=O) groups excluding carboxylic acids is 1. The molecule has 0 aliphatic carbocycles. The van der Waals surface area contributed by atoms with Gasteiger partial charge in [-0.3, -0.25) is 10.1 Å². The van der Waals surface area contributed by atoms with E-state index in [1.54, 1.807) is 0 Å². The molecule has 1 fully saturated rings. The molecule has 10 heteroatoms. The van der Waals surface area contributed by atoms with Gasteiger partial charge in [-0.1, -0.05) is 11.6 Å². The van der Waals surface area contributed by atoms with Crippen molar-refractivity contribution >= 4 is 44.0 Å². The molecule has 0 spiro atoms. The molecule has 0 radical (unpaired) electrons. The van der Waals surface area contributed by atoms with Gasteiger partial charge in [-0.2, -0.15) is 4.31 Å². The Bertz CT molecular complexity index is 1210. The average Bonchev–Trinajstić information content (AvgIpc) is 3.43. The fourth-order valence-electron chi connectivity index (χ4n) is 3.42. The lowest BCUT2D eigenvalue weighted by Crippen LogP contribution is -2.28. The minimum Gasteiger partial charge on any atom is -0.466 e. The van der Waals surface area contributed by atoms with Crippen molar-refractivity contribution in [3.8, 4) is 11.3 Å². The Morgan fingerprint density at radius 1 is 1.23 bits per heavy atom. The molecule has 1 aliphatic rings. The van der Waals surface area contributed by atoms with E-state index >= 15 is 0 Å². The summed E-state index contributed by atoms with van der Waals surface area (Å²) in [5.74, 6) is 1.02. The van der Waals surface area contributed by atoms with Gasteiger partial charge in [-0.15, -0.1) is 11.3 Å². The zero-order valence-electron chi connectivity index (χ0n) is 16.4. The monoisotopic (exact) mass is 465 g/mol. The van der Waals surface area contributed by atoms with E-state index in [2.05, 4.69) is 10.3 Å². The van der Waals surface area contributed by atoms with Crippen LogP contribution in [0, 0.1) is 13.8 Å². The lowest BCUT2D eigenvalue weighted by molar-refractivity contribution is 0.102. The first kappa shape index (κ1) is 21.0. The van der Waals surface area contributed by atoms with Gasteiger partial charge < -0.3 is 4.42 Å². The molecule has 3 heterocycles. The summed E-state index contributed by atoms with van der Waals surface area (Å²) < 4.78 is 32.6. The largest absolute Gasteiger partial charge is 0.466 e. The minimum atomic E-state index is -3.65. The zero-order chi connectivity index (χ0) is 21.5. The number of furan rings is 1. The number of benzene rings is 1. The number of nitrogens with zero attached hydrogens (tertiary/aromatic N) is 2. The Hall–Kier alpha value is -2.20. The Morgan fingerprint density at radius 3 is 2.63 bits per heavy atom. The second-order valence-corrected chi connectivity index (χ2v) is 10.3. The highest BCUT2D eigenvalue weighted by molar-refractivity contribution is 7.89. The van der Waals surface area contributed by atoms with Crippen LogP contribution in [0.15, 0.2) is 39.0 Å². The number of sulfonamides is 1. The predicted octanol–water partition coefficient (Wildman–Crippen LogP) is 4.71. The molecule has 0 atom stereocenters. The van der Waals surface area contributed by atoms with Gasteiger partial charge in [0.05, 0.1) is 21.2 Å². The third-order valence-electron chi connectivity index (χ3n) is 4.93. The summed E-state index contributed by atoms with van der Waals surface area (Å²) in [5.41, 5.74) is 1.64. The van der Waals surface area contributed by atoms with Crippen LogP contribution in [0.3, 0.4) is 0 Å². The van der Waals surface area contributed by atoms with E-state index in [0.29, 0.717) is 23.9 Å².